The van der Waals surface area contributed by atoms with Crippen LogP contribution in [0.3, 0.4) is 0 Å². The Kier molecular flexibility index (Phi) is 7.11. The van der Waals surface area contributed by atoms with Gasteiger partial charge in [0, 0.05) is 24.1 Å². The van der Waals surface area contributed by atoms with E-state index in [1.54, 1.807) is 12.3 Å². The number of aromatic nitrogens is 1. The van der Waals surface area contributed by atoms with Crippen LogP contribution in [0.2, 0.25) is 0 Å². The molecule has 0 radical (unpaired) electrons. The van der Waals surface area contributed by atoms with Gasteiger partial charge in [-0.3, -0.25) is 9.52 Å². The van der Waals surface area contributed by atoms with Gasteiger partial charge < -0.3 is 14.5 Å². The predicted molar refractivity (Wildman–Crippen MR) is 129 cm³/mol. The van der Waals surface area contributed by atoms with Crippen LogP contribution in [0, 0.1) is 5.82 Å². The summed E-state index contributed by atoms with van der Waals surface area (Å²) in [6.45, 7) is 0. The zero-order valence-corrected chi connectivity index (χ0v) is 19.5. The predicted octanol–water partition coefficient (Wildman–Crippen LogP) is 4.86. The molecule has 1 aromatic heterocycles. The number of amides is 1. The number of benzene rings is 3. The second kappa shape index (κ2) is 10.4. The third-order valence-corrected chi connectivity index (χ3v) is 6.41. The molecule has 8 nitrogen and oxygen atoms in total. The van der Waals surface area contributed by atoms with E-state index in [1.807, 2.05) is 30.3 Å². The van der Waals surface area contributed by atoms with Gasteiger partial charge in [-0.15, -0.1) is 0 Å². The Morgan fingerprint density at radius 2 is 1.80 bits per heavy atom. The Morgan fingerprint density at radius 1 is 1.06 bits per heavy atom. The van der Waals surface area contributed by atoms with E-state index in [4.69, 9.17) is 9.15 Å². The average molecular weight is 496 g/mol. The lowest BCUT2D eigenvalue weighted by Gasteiger charge is -2.14. The molecular weight excluding hydrogens is 473 g/mol. The summed E-state index contributed by atoms with van der Waals surface area (Å²) in [5.41, 5.74) is 1.38. The first-order chi connectivity index (χ1) is 16.8. The number of ether oxygens (including phenoxy) is 1. The first-order valence-corrected chi connectivity index (χ1v) is 12.1. The molecule has 0 aliphatic carbocycles. The van der Waals surface area contributed by atoms with Gasteiger partial charge >= 0.3 is 0 Å². The molecule has 1 amide bonds. The highest BCUT2D eigenvalue weighted by Crippen LogP contribution is 2.30. The summed E-state index contributed by atoms with van der Waals surface area (Å²) in [5, 5.41) is 2.73. The van der Waals surface area contributed by atoms with Crippen LogP contribution >= 0.6 is 0 Å². The van der Waals surface area contributed by atoms with E-state index in [0.717, 1.165) is 29.8 Å². The zero-order chi connectivity index (χ0) is 24.8. The number of hydrogen-bond acceptors (Lipinski definition) is 6. The fourth-order valence-corrected chi connectivity index (χ4v) is 4.35. The van der Waals surface area contributed by atoms with E-state index in [1.165, 1.54) is 19.2 Å². The average Bonchev–Trinajstić information content (AvgIpc) is 3.33. The van der Waals surface area contributed by atoms with Gasteiger partial charge in [0.05, 0.1) is 23.9 Å². The van der Waals surface area contributed by atoms with Gasteiger partial charge in [-0.1, -0.05) is 30.3 Å². The van der Waals surface area contributed by atoms with Crippen molar-refractivity contribution in [1.29, 1.82) is 0 Å². The highest BCUT2D eigenvalue weighted by Gasteiger charge is 2.18. The fraction of sp³-hybridized carbons (Fsp3) is 0.120. The molecule has 4 rings (SSSR count). The Morgan fingerprint density at radius 3 is 2.51 bits per heavy atom. The SMILES string of the molecule is COc1ccc(NC(=O)CCc2ncc(-c3ccccc3)o2)cc1NS(=O)(=O)c1ccc(F)cc1. The van der Waals surface area contributed by atoms with Crippen molar-refractivity contribution >= 4 is 27.3 Å². The van der Waals surface area contributed by atoms with Crippen molar-refractivity contribution in [2.45, 2.75) is 17.7 Å². The van der Waals surface area contributed by atoms with Crippen LogP contribution in [0.15, 0.2) is 88.3 Å². The van der Waals surface area contributed by atoms with E-state index in [2.05, 4.69) is 15.0 Å². The normalized spacial score (nSPS) is 11.1. The topological polar surface area (TPSA) is 111 Å². The number of rotatable bonds is 9. The lowest BCUT2D eigenvalue weighted by molar-refractivity contribution is -0.116. The van der Waals surface area contributed by atoms with Crippen LogP contribution < -0.4 is 14.8 Å². The van der Waals surface area contributed by atoms with Crippen molar-refractivity contribution in [3.05, 3.63) is 90.7 Å². The lowest BCUT2D eigenvalue weighted by atomic mass is 10.2. The molecule has 2 N–H and O–H groups in total. The van der Waals surface area contributed by atoms with E-state index in [9.17, 15) is 17.6 Å². The molecule has 10 heteroatoms. The quantitative estimate of drug-likeness (QED) is 0.343. The monoisotopic (exact) mass is 495 g/mol. The van der Waals surface area contributed by atoms with Gasteiger partial charge in [0.2, 0.25) is 5.91 Å². The maximum absolute atomic E-state index is 13.2. The molecule has 0 atom stereocenters. The minimum absolute atomic E-state index is 0.109. The molecule has 0 saturated heterocycles. The summed E-state index contributed by atoms with van der Waals surface area (Å²) >= 11 is 0. The second-order valence-electron chi connectivity index (χ2n) is 7.51. The lowest BCUT2D eigenvalue weighted by Crippen LogP contribution is -2.15. The van der Waals surface area contributed by atoms with Crippen molar-refractivity contribution in [2.75, 3.05) is 17.1 Å². The van der Waals surface area contributed by atoms with Crippen molar-refractivity contribution < 1.29 is 26.8 Å². The number of aryl methyl sites for hydroxylation is 1. The number of hydrogen-bond donors (Lipinski definition) is 2. The molecule has 1 heterocycles. The van der Waals surface area contributed by atoms with Gasteiger partial charge in [0.15, 0.2) is 11.7 Å². The number of carbonyl (C=O) groups excluding carboxylic acids is 1. The molecule has 0 saturated carbocycles. The summed E-state index contributed by atoms with van der Waals surface area (Å²) in [7, 11) is -2.61. The van der Waals surface area contributed by atoms with E-state index < -0.39 is 15.8 Å². The molecule has 35 heavy (non-hydrogen) atoms. The van der Waals surface area contributed by atoms with E-state index in [-0.39, 0.29) is 28.7 Å². The van der Waals surface area contributed by atoms with Crippen LogP contribution in [-0.4, -0.2) is 26.4 Å². The molecule has 0 aliphatic heterocycles. The maximum Gasteiger partial charge on any atom is 0.262 e. The Bertz CT molecular complexity index is 1420. The Balaban J connectivity index is 1.41. The first kappa shape index (κ1) is 24.0. The third-order valence-electron chi connectivity index (χ3n) is 5.03. The smallest absolute Gasteiger partial charge is 0.262 e. The van der Waals surface area contributed by atoms with Gasteiger partial charge in [0.25, 0.3) is 10.0 Å². The van der Waals surface area contributed by atoms with Crippen LogP contribution in [0.25, 0.3) is 11.3 Å². The number of methoxy groups -OCH3 is 1. The molecule has 4 aromatic rings. The second-order valence-corrected chi connectivity index (χ2v) is 9.19. The van der Waals surface area contributed by atoms with Crippen LogP contribution in [0.5, 0.6) is 5.75 Å². The van der Waals surface area contributed by atoms with Gasteiger partial charge in [-0.05, 0) is 42.5 Å². The van der Waals surface area contributed by atoms with Crippen molar-refractivity contribution in [3.8, 4) is 17.1 Å². The molecular formula is C25H22FN3O5S. The molecule has 0 unspecified atom stereocenters. The van der Waals surface area contributed by atoms with E-state index in [0.29, 0.717) is 23.8 Å². The Hall–Kier alpha value is -4.18. The number of carbonyl (C=O) groups is 1. The minimum atomic E-state index is -4.00. The molecule has 0 aliphatic rings. The van der Waals surface area contributed by atoms with Crippen LogP contribution in [0.1, 0.15) is 12.3 Å². The number of oxazole rings is 1. The molecule has 0 fully saturated rings. The number of nitrogens with one attached hydrogen (secondary N) is 2. The number of anilines is 2. The molecule has 0 spiro atoms. The number of sulfonamides is 1. The van der Waals surface area contributed by atoms with Crippen LogP contribution in [-0.2, 0) is 21.2 Å². The van der Waals surface area contributed by atoms with Crippen molar-refractivity contribution in [2.24, 2.45) is 0 Å². The zero-order valence-electron chi connectivity index (χ0n) is 18.7. The summed E-state index contributed by atoms with van der Waals surface area (Å²) in [4.78, 5) is 16.6. The number of nitrogens with zero attached hydrogens (tertiary/aromatic N) is 1. The molecule has 180 valence electrons. The summed E-state index contributed by atoms with van der Waals surface area (Å²) in [6, 6.07) is 18.5. The molecule has 0 bridgehead atoms. The fourth-order valence-electron chi connectivity index (χ4n) is 3.29. The Labute approximate surface area is 201 Å². The highest BCUT2D eigenvalue weighted by atomic mass is 32.2. The van der Waals surface area contributed by atoms with Crippen molar-refractivity contribution in [3.63, 3.8) is 0 Å². The standard InChI is InChI=1S/C25H22FN3O5S/c1-33-22-12-9-19(15-21(22)29-35(31,32)20-10-7-18(26)8-11-20)28-24(30)13-14-25-27-16-23(34-25)17-5-3-2-4-6-17/h2-12,15-16,29H,13-14H2,1H3,(H,28,30). The molecule has 3 aromatic carbocycles. The maximum atomic E-state index is 13.2. The summed E-state index contributed by atoms with van der Waals surface area (Å²) in [5.74, 6) is 0.451. The number of halogens is 1. The van der Waals surface area contributed by atoms with E-state index >= 15 is 0 Å². The van der Waals surface area contributed by atoms with Crippen molar-refractivity contribution in [1.82, 2.24) is 4.98 Å². The minimum Gasteiger partial charge on any atom is -0.495 e. The summed E-state index contributed by atoms with van der Waals surface area (Å²) < 4.78 is 51.9. The first-order valence-electron chi connectivity index (χ1n) is 10.6. The van der Waals surface area contributed by atoms with Crippen LogP contribution in [0.4, 0.5) is 15.8 Å². The highest BCUT2D eigenvalue weighted by molar-refractivity contribution is 7.92. The van der Waals surface area contributed by atoms with Gasteiger partial charge in [0.1, 0.15) is 11.6 Å². The largest absolute Gasteiger partial charge is 0.495 e. The summed E-state index contributed by atoms with van der Waals surface area (Å²) in [6.07, 6.45) is 2.02. The third kappa shape index (κ3) is 6.04. The van der Waals surface area contributed by atoms with Gasteiger partial charge in [-0.25, -0.2) is 17.8 Å². The van der Waals surface area contributed by atoms with Gasteiger partial charge in [-0.2, -0.15) is 0 Å².